The molecule has 0 bridgehead atoms. The molecule has 0 aliphatic carbocycles. The van der Waals surface area contributed by atoms with E-state index in [2.05, 4.69) is 0 Å². The summed E-state index contributed by atoms with van der Waals surface area (Å²) in [6.07, 6.45) is 0.690. The third-order valence-corrected chi connectivity index (χ3v) is 3.88. The fraction of sp³-hybridized carbons (Fsp3) is 0.136. The van der Waals surface area contributed by atoms with Gasteiger partial charge in [-0.05, 0) is 48.5 Å². The van der Waals surface area contributed by atoms with E-state index in [4.69, 9.17) is 9.47 Å². The highest BCUT2D eigenvalue weighted by Crippen LogP contribution is 2.19. The maximum absolute atomic E-state index is 13.7. The SMILES string of the molecule is O=C(c1ccc(OCCCOc2ccccc2)cc1)c1c(F)cccc1F. The zero-order chi connectivity index (χ0) is 19.1. The van der Waals surface area contributed by atoms with Crippen LogP contribution in [-0.4, -0.2) is 19.0 Å². The average molecular weight is 368 g/mol. The van der Waals surface area contributed by atoms with E-state index >= 15 is 0 Å². The van der Waals surface area contributed by atoms with Gasteiger partial charge in [0.1, 0.15) is 23.1 Å². The molecule has 0 saturated carbocycles. The van der Waals surface area contributed by atoms with Crippen LogP contribution in [0.15, 0.2) is 72.8 Å². The van der Waals surface area contributed by atoms with Crippen LogP contribution in [0.3, 0.4) is 0 Å². The molecule has 0 aliphatic rings. The molecule has 0 fully saturated rings. The molecule has 0 saturated heterocycles. The number of carbonyl (C=O) groups excluding carboxylic acids is 1. The normalized spacial score (nSPS) is 10.4. The quantitative estimate of drug-likeness (QED) is 0.413. The molecule has 0 amide bonds. The van der Waals surface area contributed by atoms with Crippen LogP contribution in [0.2, 0.25) is 0 Å². The molecule has 0 radical (unpaired) electrons. The molecule has 0 aliphatic heterocycles. The number of ketones is 1. The summed E-state index contributed by atoms with van der Waals surface area (Å²) in [7, 11) is 0. The van der Waals surface area contributed by atoms with E-state index in [1.807, 2.05) is 30.3 Å². The third kappa shape index (κ3) is 4.91. The molecule has 0 aromatic heterocycles. The highest BCUT2D eigenvalue weighted by molar-refractivity contribution is 6.09. The number of ether oxygens (including phenoxy) is 2. The summed E-state index contributed by atoms with van der Waals surface area (Å²) >= 11 is 0. The molecule has 0 N–H and O–H groups in total. The second-order valence-corrected chi connectivity index (χ2v) is 5.81. The molecular formula is C22H18F2O3. The van der Waals surface area contributed by atoms with Gasteiger partial charge in [0.25, 0.3) is 0 Å². The number of carbonyl (C=O) groups is 1. The van der Waals surface area contributed by atoms with Gasteiger partial charge < -0.3 is 9.47 Å². The van der Waals surface area contributed by atoms with Gasteiger partial charge in [0, 0.05) is 12.0 Å². The predicted molar refractivity (Wildman–Crippen MR) is 98.3 cm³/mol. The zero-order valence-electron chi connectivity index (χ0n) is 14.5. The number of hydrogen-bond donors (Lipinski definition) is 0. The average Bonchev–Trinajstić information content (AvgIpc) is 2.69. The highest BCUT2D eigenvalue weighted by Gasteiger charge is 2.18. The first kappa shape index (κ1) is 18.6. The van der Waals surface area contributed by atoms with Gasteiger partial charge >= 0.3 is 0 Å². The Morgan fingerprint density at radius 3 is 1.85 bits per heavy atom. The molecule has 27 heavy (non-hydrogen) atoms. The van der Waals surface area contributed by atoms with Crippen LogP contribution in [0.25, 0.3) is 0 Å². The van der Waals surface area contributed by atoms with Crippen molar-refractivity contribution in [2.24, 2.45) is 0 Å². The maximum Gasteiger partial charge on any atom is 0.198 e. The molecule has 3 nitrogen and oxygen atoms in total. The molecule has 5 heteroatoms. The summed E-state index contributed by atoms with van der Waals surface area (Å²) in [5.74, 6) is -1.08. The van der Waals surface area contributed by atoms with Gasteiger partial charge in [0.15, 0.2) is 5.78 Å². The van der Waals surface area contributed by atoms with Crippen molar-refractivity contribution in [1.82, 2.24) is 0 Å². The minimum absolute atomic E-state index is 0.193. The minimum Gasteiger partial charge on any atom is -0.493 e. The number of hydrogen-bond acceptors (Lipinski definition) is 3. The third-order valence-electron chi connectivity index (χ3n) is 3.88. The van der Waals surface area contributed by atoms with Gasteiger partial charge in [0.2, 0.25) is 0 Å². The number of rotatable bonds is 8. The molecule has 0 atom stereocenters. The molecule has 3 rings (SSSR count). The van der Waals surface area contributed by atoms with Crippen molar-refractivity contribution in [1.29, 1.82) is 0 Å². The summed E-state index contributed by atoms with van der Waals surface area (Å²) in [5.41, 5.74) is -0.358. The Hall–Kier alpha value is -3.21. The lowest BCUT2D eigenvalue weighted by Crippen LogP contribution is -2.08. The summed E-state index contributed by atoms with van der Waals surface area (Å²) in [5, 5.41) is 0. The van der Waals surface area contributed by atoms with Crippen LogP contribution >= 0.6 is 0 Å². The predicted octanol–water partition coefficient (Wildman–Crippen LogP) is 5.04. The van der Waals surface area contributed by atoms with Crippen molar-refractivity contribution in [2.75, 3.05) is 13.2 Å². The van der Waals surface area contributed by atoms with E-state index in [0.29, 0.717) is 25.4 Å². The van der Waals surface area contributed by atoms with Crippen LogP contribution in [0.1, 0.15) is 22.3 Å². The number of benzene rings is 3. The van der Waals surface area contributed by atoms with Crippen molar-refractivity contribution >= 4 is 5.78 Å². The van der Waals surface area contributed by atoms with Gasteiger partial charge in [-0.3, -0.25) is 4.79 Å². The van der Waals surface area contributed by atoms with Crippen molar-refractivity contribution in [3.8, 4) is 11.5 Å². The molecule has 3 aromatic rings. The van der Waals surface area contributed by atoms with Crippen LogP contribution in [0.5, 0.6) is 11.5 Å². The molecule has 0 heterocycles. The van der Waals surface area contributed by atoms with Gasteiger partial charge in [-0.25, -0.2) is 8.78 Å². The van der Waals surface area contributed by atoms with Gasteiger partial charge in [0.05, 0.1) is 18.8 Å². The number of para-hydroxylation sites is 1. The van der Waals surface area contributed by atoms with E-state index in [-0.39, 0.29) is 5.56 Å². The second kappa shape index (κ2) is 8.94. The van der Waals surface area contributed by atoms with E-state index in [1.54, 1.807) is 12.1 Å². The first-order valence-electron chi connectivity index (χ1n) is 8.54. The second-order valence-electron chi connectivity index (χ2n) is 5.81. The summed E-state index contributed by atoms with van der Waals surface area (Å²) in [4.78, 5) is 12.3. The lowest BCUT2D eigenvalue weighted by atomic mass is 10.0. The molecule has 0 spiro atoms. The zero-order valence-corrected chi connectivity index (χ0v) is 14.5. The van der Waals surface area contributed by atoms with Gasteiger partial charge in [-0.15, -0.1) is 0 Å². The fourth-order valence-electron chi connectivity index (χ4n) is 2.52. The topological polar surface area (TPSA) is 35.5 Å². The Morgan fingerprint density at radius 2 is 1.26 bits per heavy atom. The van der Waals surface area contributed by atoms with E-state index in [0.717, 1.165) is 17.9 Å². The first-order chi connectivity index (χ1) is 13.1. The molecule has 3 aromatic carbocycles. The van der Waals surface area contributed by atoms with Crippen LogP contribution in [0, 0.1) is 11.6 Å². The Kier molecular flexibility index (Phi) is 6.15. The molecule has 138 valence electrons. The lowest BCUT2D eigenvalue weighted by Gasteiger charge is -2.09. The highest BCUT2D eigenvalue weighted by atomic mass is 19.1. The minimum atomic E-state index is -0.876. The summed E-state index contributed by atoms with van der Waals surface area (Å²) in [6.45, 7) is 0.967. The van der Waals surface area contributed by atoms with Crippen LogP contribution < -0.4 is 9.47 Å². The molecular weight excluding hydrogens is 350 g/mol. The first-order valence-corrected chi connectivity index (χ1v) is 8.54. The van der Waals surface area contributed by atoms with Gasteiger partial charge in [-0.1, -0.05) is 24.3 Å². The van der Waals surface area contributed by atoms with Crippen molar-refractivity contribution in [2.45, 2.75) is 6.42 Å². The van der Waals surface area contributed by atoms with E-state index in [1.165, 1.54) is 18.2 Å². The standard InChI is InChI=1S/C22H18F2O3/c23-19-8-4-9-20(24)21(19)22(25)16-10-12-18(13-11-16)27-15-5-14-26-17-6-2-1-3-7-17/h1-4,6-13H,5,14-15H2. The fourth-order valence-corrected chi connectivity index (χ4v) is 2.52. The monoisotopic (exact) mass is 368 g/mol. The Labute approximate surface area is 156 Å². The van der Waals surface area contributed by atoms with Crippen molar-refractivity contribution in [3.05, 3.63) is 95.6 Å². The Morgan fingerprint density at radius 1 is 0.704 bits per heavy atom. The lowest BCUT2D eigenvalue weighted by molar-refractivity contribution is 0.103. The smallest absolute Gasteiger partial charge is 0.198 e. The molecule has 0 unspecified atom stereocenters. The van der Waals surface area contributed by atoms with E-state index < -0.39 is 23.0 Å². The Bertz CT molecular complexity index is 873. The number of halogens is 2. The summed E-state index contributed by atoms with van der Waals surface area (Å²) < 4.78 is 38.6. The summed E-state index contributed by atoms with van der Waals surface area (Å²) in [6, 6.07) is 19.0. The van der Waals surface area contributed by atoms with Crippen molar-refractivity contribution < 1.29 is 23.0 Å². The largest absolute Gasteiger partial charge is 0.493 e. The van der Waals surface area contributed by atoms with Crippen LogP contribution in [-0.2, 0) is 0 Å². The van der Waals surface area contributed by atoms with Crippen LogP contribution in [0.4, 0.5) is 8.78 Å². The Balaban J connectivity index is 1.51. The van der Waals surface area contributed by atoms with E-state index in [9.17, 15) is 13.6 Å². The maximum atomic E-state index is 13.7. The van der Waals surface area contributed by atoms with Crippen molar-refractivity contribution in [3.63, 3.8) is 0 Å². The van der Waals surface area contributed by atoms with Gasteiger partial charge in [-0.2, -0.15) is 0 Å².